The lowest BCUT2D eigenvalue weighted by atomic mass is 9.98. The first-order chi connectivity index (χ1) is 14.8. The lowest BCUT2D eigenvalue weighted by molar-refractivity contribution is 0.0687. The summed E-state index contributed by atoms with van der Waals surface area (Å²) in [6.07, 6.45) is 0.895. The number of carbonyl (C=O) groups excluding carboxylic acids is 1. The summed E-state index contributed by atoms with van der Waals surface area (Å²) >= 11 is 0. The number of nitrogens with one attached hydrogen (secondary N) is 2. The number of halogens is 1. The van der Waals surface area contributed by atoms with Crippen molar-refractivity contribution in [2.24, 2.45) is 0 Å². The van der Waals surface area contributed by atoms with Gasteiger partial charge < -0.3 is 15.7 Å². The molecule has 2 aromatic carbocycles. The van der Waals surface area contributed by atoms with E-state index in [1.165, 1.54) is 16.8 Å². The van der Waals surface area contributed by atoms with Gasteiger partial charge in [-0.15, -0.1) is 0 Å². The van der Waals surface area contributed by atoms with Crippen LogP contribution in [0.15, 0.2) is 42.5 Å². The summed E-state index contributed by atoms with van der Waals surface area (Å²) in [5, 5.41) is 20.2. The Morgan fingerprint density at radius 3 is 2.71 bits per heavy atom. The quantitative estimate of drug-likeness (QED) is 0.580. The summed E-state index contributed by atoms with van der Waals surface area (Å²) in [6.45, 7) is 4.76. The van der Waals surface area contributed by atoms with Crippen molar-refractivity contribution in [3.8, 4) is 5.69 Å². The Morgan fingerprint density at radius 2 is 2.00 bits per heavy atom. The maximum atomic E-state index is 13.4. The first-order valence-electron chi connectivity index (χ1n) is 10.1. The van der Waals surface area contributed by atoms with Gasteiger partial charge in [0.15, 0.2) is 5.69 Å². The van der Waals surface area contributed by atoms with Crippen LogP contribution in [0.25, 0.3) is 5.69 Å². The number of carboxylic acid groups (broad SMARTS) is 1. The molecule has 0 spiro atoms. The minimum absolute atomic E-state index is 0.115. The van der Waals surface area contributed by atoms with Crippen LogP contribution in [-0.2, 0) is 6.54 Å². The van der Waals surface area contributed by atoms with Gasteiger partial charge in [-0.25, -0.2) is 13.9 Å². The Hall–Kier alpha value is -3.68. The lowest BCUT2D eigenvalue weighted by Crippen LogP contribution is -2.23. The maximum Gasteiger partial charge on any atom is 0.356 e. The molecular weight excluding hydrogens is 399 g/mol. The number of aromatic carboxylic acids is 1. The van der Waals surface area contributed by atoms with Crippen LogP contribution in [0.4, 0.5) is 10.1 Å². The molecule has 1 aliphatic heterocycles. The molecule has 0 radical (unpaired) electrons. The van der Waals surface area contributed by atoms with Crippen LogP contribution < -0.4 is 10.6 Å². The number of carboxylic acids is 1. The molecule has 3 N–H and O–H groups in total. The fourth-order valence-electron chi connectivity index (χ4n) is 3.76. The topological polar surface area (TPSA) is 96.2 Å². The van der Waals surface area contributed by atoms with Gasteiger partial charge in [-0.2, -0.15) is 5.10 Å². The third kappa shape index (κ3) is 4.01. The highest BCUT2D eigenvalue weighted by Gasteiger charge is 2.29. The number of fused-ring (bicyclic) bond motifs is 1. The SMILES string of the molecule is Cc1ccc(F)cc1C(=O)NCc1ccc(-n2nc3c(c2C(=O)O)NCCC3C)cc1. The number of benzene rings is 2. The number of nitrogens with zero attached hydrogens (tertiary/aromatic N) is 2. The van der Waals surface area contributed by atoms with Crippen molar-refractivity contribution in [3.05, 3.63) is 76.4 Å². The van der Waals surface area contributed by atoms with E-state index < -0.39 is 11.8 Å². The normalized spacial score (nSPS) is 15.1. The second kappa shape index (κ2) is 8.22. The number of amides is 1. The highest BCUT2D eigenvalue weighted by Crippen LogP contribution is 2.34. The number of hydrogen-bond donors (Lipinski definition) is 3. The first-order valence-corrected chi connectivity index (χ1v) is 10.1. The average molecular weight is 422 g/mol. The maximum absolute atomic E-state index is 13.4. The molecule has 0 fully saturated rings. The molecule has 0 bridgehead atoms. The number of hydrogen-bond acceptors (Lipinski definition) is 4. The van der Waals surface area contributed by atoms with Gasteiger partial charge in [0.1, 0.15) is 5.82 Å². The Kier molecular flexibility index (Phi) is 5.46. The molecular formula is C23H23FN4O3. The summed E-state index contributed by atoms with van der Waals surface area (Å²) in [5.74, 6) is -1.68. The molecule has 2 heterocycles. The molecule has 1 atom stereocenters. The number of anilines is 1. The van der Waals surface area contributed by atoms with Crippen LogP contribution in [0, 0.1) is 12.7 Å². The Balaban J connectivity index is 1.53. The third-order valence-electron chi connectivity index (χ3n) is 5.54. The van der Waals surface area contributed by atoms with E-state index in [0.29, 0.717) is 29.0 Å². The smallest absolute Gasteiger partial charge is 0.356 e. The summed E-state index contributed by atoms with van der Waals surface area (Å²) in [4.78, 5) is 24.3. The zero-order valence-corrected chi connectivity index (χ0v) is 17.3. The molecule has 1 aromatic heterocycles. The molecule has 0 aliphatic carbocycles. The van der Waals surface area contributed by atoms with Crippen LogP contribution >= 0.6 is 0 Å². The molecule has 7 nitrogen and oxygen atoms in total. The van der Waals surface area contributed by atoms with Crippen molar-refractivity contribution in [3.63, 3.8) is 0 Å². The van der Waals surface area contributed by atoms with E-state index in [-0.39, 0.29) is 24.1 Å². The van der Waals surface area contributed by atoms with Gasteiger partial charge in [-0.1, -0.05) is 25.1 Å². The summed E-state index contributed by atoms with van der Waals surface area (Å²) < 4.78 is 14.9. The molecule has 0 saturated carbocycles. The van der Waals surface area contributed by atoms with E-state index in [9.17, 15) is 19.1 Å². The van der Waals surface area contributed by atoms with Crippen molar-refractivity contribution in [1.82, 2.24) is 15.1 Å². The van der Waals surface area contributed by atoms with Crippen molar-refractivity contribution in [2.45, 2.75) is 32.7 Å². The van der Waals surface area contributed by atoms with Crippen molar-refractivity contribution in [1.29, 1.82) is 0 Å². The van der Waals surface area contributed by atoms with Crippen molar-refractivity contribution in [2.75, 3.05) is 11.9 Å². The Morgan fingerprint density at radius 1 is 1.26 bits per heavy atom. The molecule has 1 amide bonds. The van der Waals surface area contributed by atoms with Gasteiger partial charge in [-0.05, 0) is 48.7 Å². The highest BCUT2D eigenvalue weighted by atomic mass is 19.1. The minimum atomic E-state index is -1.04. The van der Waals surface area contributed by atoms with Gasteiger partial charge in [0.05, 0.1) is 17.1 Å². The molecule has 4 rings (SSSR count). The largest absolute Gasteiger partial charge is 0.476 e. The Bertz CT molecular complexity index is 1150. The molecule has 3 aromatic rings. The summed E-state index contributed by atoms with van der Waals surface area (Å²) in [6, 6.07) is 11.2. The van der Waals surface area contributed by atoms with E-state index >= 15 is 0 Å². The van der Waals surface area contributed by atoms with Crippen LogP contribution in [0.1, 0.15) is 56.9 Å². The summed E-state index contributed by atoms with van der Waals surface area (Å²) in [7, 11) is 0. The molecule has 8 heteroatoms. The fourth-order valence-corrected chi connectivity index (χ4v) is 3.76. The zero-order chi connectivity index (χ0) is 22.1. The van der Waals surface area contributed by atoms with Crippen LogP contribution in [0.3, 0.4) is 0 Å². The zero-order valence-electron chi connectivity index (χ0n) is 17.3. The second-order valence-corrected chi connectivity index (χ2v) is 7.75. The van der Waals surface area contributed by atoms with E-state index in [1.807, 2.05) is 6.92 Å². The fraction of sp³-hybridized carbons (Fsp3) is 0.261. The number of aryl methyl sites for hydroxylation is 1. The molecule has 1 unspecified atom stereocenters. The van der Waals surface area contributed by atoms with Crippen molar-refractivity contribution < 1.29 is 19.1 Å². The Labute approximate surface area is 178 Å². The molecule has 160 valence electrons. The van der Waals surface area contributed by atoms with E-state index in [2.05, 4.69) is 15.7 Å². The monoisotopic (exact) mass is 422 g/mol. The van der Waals surface area contributed by atoms with Crippen LogP contribution in [0.5, 0.6) is 0 Å². The van der Waals surface area contributed by atoms with Gasteiger partial charge in [0, 0.05) is 24.6 Å². The first kappa shape index (κ1) is 20.6. The summed E-state index contributed by atoms with van der Waals surface area (Å²) in [5.41, 5.74) is 3.89. The number of carbonyl (C=O) groups is 2. The van der Waals surface area contributed by atoms with Crippen molar-refractivity contribution >= 4 is 17.6 Å². The van der Waals surface area contributed by atoms with E-state index in [4.69, 9.17) is 0 Å². The second-order valence-electron chi connectivity index (χ2n) is 7.75. The van der Waals surface area contributed by atoms with E-state index in [1.54, 1.807) is 37.3 Å². The van der Waals surface area contributed by atoms with Crippen LogP contribution in [-0.4, -0.2) is 33.3 Å². The number of rotatable bonds is 5. The average Bonchev–Trinajstić information content (AvgIpc) is 3.15. The van der Waals surface area contributed by atoms with Gasteiger partial charge in [0.2, 0.25) is 0 Å². The standard InChI is InChI=1S/C23H23FN4O3/c1-13-3-6-16(24)11-18(13)22(29)26-12-15-4-7-17(8-5-15)28-21(23(30)31)20-19(27-28)14(2)9-10-25-20/h3-8,11,14,25H,9-10,12H2,1-2H3,(H,26,29)(H,30,31). The van der Waals surface area contributed by atoms with Crippen LogP contribution in [0.2, 0.25) is 0 Å². The molecule has 0 saturated heterocycles. The lowest BCUT2D eigenvalue weighted by Gasteiger charge is -2.18. The highest BCUT2D eigenvalue weighted by molar-refractivity contribution is 5.95. The third-order valence-corrected chi connectivity index (χ3v) is 5.54. The number of aromatic nitrogens is 2. The molecule has 1 aliphatic rings. The molecule has 31 heavy (non-hydrogen) atoms. The van der Waals surface area contributed by atoms with E-state index in [0.717, 1.165) is 17.7 Å². The van der Waals surface area contributed by atoms with Gasteiger partial charge in [0.25, 0.3) is 5.91 Å². The predicted octanol–water partition coefficient (Wildman–Crippen LogP) is 3.87. The minimum Gasteiger partial charge on any atom is -0.476 e. The van der Waals surface area contributed by atoms with Gasteiger partial charge in [-0.3, -0.25) is 4.79 Å². The van der Waals surface area contributed by atoms with Gasteiger partial charge >= 0.3 is 5.97 Å². The predicted molar refractivity (Wildman–Crippen MR) is 114 cm³/mol.